The predicted octanol–water partition coefficient (Wildman–Crippen LogP) is 13.5. The van der Waals surface area contributed by atoms with Crippen molar-refractivity contribution in [1.29, 1.82) is 0 Å². The number of fused-ring (bicyclic) bond motifs is 6. The molecule has 0 saturated heterocycles. The SMILES string of the molecule is Oc1ccc(-c2ccc3oc4cccc(-c5ccc6c7ccc(-c8cccc9ccccc89)c8cccc(c9cccc5c96)c87)c4c3c2)cc1. The van der Waals surface area contributed by atoms with Crippen LogP contribution in [0.1, 0.15) is 0 Å². The van der Waals surface area contributed by atoms with Crippen molar-refractivity contribution in [2.75, 3.05) is 0 Å². The molecule has 0 atom stereocenters. The van der Waals surface area contributed by atoms with E-state index in [9.17, 15) is 5.11 Å². The molecule has 0 aliphatic carbocycles. The van der Waals surface area contributed by atoms with E-state index in [1.807, 2.05) is 12.1 Å². The Kier molecular flexibility index (Phi) is 5.56. The van der Waals surface area contributed by atoms with Gasteiger partial charge in [-0.3, -0.25) is 0 Å². The fourth-order valence-electron chi connectivity index (χ4n) is 8.53. The molecule has 0 amide bonds. The largest absolute Gasteiger partial charge is 0.508 e. The zero-order valence-electron chi connectivity index (χ0n) is 26.9. The summed E-state index contributed by atoms with van der Waals surface area (Å²) < 4.78 is 6.44. The molecule has 0 spiro atoms. The van der Waals surface area contributed by atoms with Crippen LogP contribution in [0.4, 0.5) is 0 Å². The van der Waals surface area contributed by atoms with Crippen molar-refractivity contribution in [3.8, 4) is 39.1 Å². The van der Waals surface area contributed by atoms with Crippen LogP contribution in [0.3, 0.4) is 0 Å². The summed E-state index contributed by atoms with van der Waals surface area (Å²) in [5, 5.41) is 24.8. The van der Waals surface area contributed by atoms with Gasteiger partial charge in [0.1, 0.15) is 16.9 Å². The molecule has 11 aromatic rings. The molecule has 1 heterocycles. The minimum atomic E-state index is 0.262. The first-order chi connectivity index (χ1) is 24.7. The first-order valence-corrected chi connectivity index (χ1v) is 17.1. The monoisotopic (exact) mass is 636 g/mol. The molecule has 2 nitrogen and oxygen atoms in total. The van der Waals surface area contributed by atoms with Gasteiger partial charge in [-0.1, -0.05) is 133 Å². The van der Waals surface area contributed by atoms with Crippen molar-refractivity contribution < 1.29 is 9.52 Å². The molecular formula is C48H28O2. The summed E-state index contributed by atoms with van der Waals surface area (Å²) >= 11 is 0. The molecule has 50 heavy (non-hydrogen) atoms. The molecule has 0 aliphatic heterocycles. The van der Waals surface area contributed by atoms with E-state index in [1.54, 1.807) is 12.1 Å². The molecular weight excluding hydrogens is 609 g/mol. The maximum atomic E-state index is 9.87. The number of phenolic OH excluding ortho intramolecular Hbond substituents is 1. The Bertz CT molecular complexity index is 3120. The Morgan fingerprint density at radius 3 is 1.62 bits per heavy atom. The molecule has 2 heteroatoms. The van der Waals surface area contributed by atoms with Crippen molar-refractivity contribution >= 4 is 75.8 Å². The average Bonchev–Trinajstić information content (AvgIpc) is 3.55. The maximum Gasteiger partial charge on any atom is 0.136 e. The zero-order chi connectivity index (χ0) is 32.9. The van der Waals surface area contributed by atoms with Crippen LogP contribution in [0.15, 0.2) is 168 Å². The number of benzene rings is 10. The van der Waals surface area contributed by atoms with Crippen molar-refractivity contribution in [2.45, 2.75) is 0 Å². The Morgan fingerprint density at radius 2 is 0.860 bits per heavy atom. The van der Waals surface area contributed by atoms with Crippen molar-refractivity contribution in [2.24, 2.45) is 0 Å². The summed E-state index contributed by atoms with van der Waals surface area (Å²) in [5.74, 6) is 0.262. The molecule has 0 radical (unpaired) electrons. The fraction of sp³-hybridized carbons (Fsp3) is 0. The molecule has 11 rings (SSSR count). The first kappa shape index (κ1) is 27.3. The summed E-state index contributed by atoms with van der Waals surface area (Å²) in [5.41, 5.74) is 8.74. The molecule has 0 fully saturated rings. The van der Waals surface area contributed by atoms with Gasteiger partial charge in [0.25, 0.3) is 0 Å². The van der Waals surface area contributed by atoms with Gasteiger partial charge in [-0.2, -0.15) is 0 Å². The van der Waals surface area contributed by atoms with E-state index in [4.69, 9.17) is 4.42 Å². The van der Waals surface area contributed by atoms with E-state index in [0.717, 1.165) is 38.6 Å². The van der Waals surface area contributed by atoms with E-state index >= 15 is 0 Å². The van der Waals surface area contributed by atoms with Crippen LogP contribution in [-0.2, 0) is 0 Å². The molecule has 10 aromatic carbocycles. The summed E-state index contributed by atoms with van der Waals surface area (Å²) in [6.07, 6.45) is 0. The Morgan fingerprint density at radius 1 is 0.320 bits per heavy atom. The molecule has 1 N–H and O–H groups in total. The highest BCUT2D eigenvalue weighted by Gasteiger charge is 2.20. The lowest BCUT2D eigenvalue weighted by molar-refractivity contribution is 0.475. The summed E-state index contributed by atoms with van der Waals surface area (Å²) in [6.45, 7) is 0. The van der Waals surface area contributed by atoms with Gasteiger partial charge in [-0.15, -0.1) is 0 Å². The number of furan rings is 1. The van der Waals surface area contributed by atoms with Gasteiger partial charge in [-0.05, 0) is 118 Å². The molecule has 0 saturated carbocycles. The molecule has 0 aliphatic rings. The average molecular weight is 637 g/mol. The third-order valence-corrected chi connectivity index (χ3v) is 10.7. The van der Waals surface area contributed by atoms with E-state index in [1.165, 1.54) is 70.6 Å². The lowest BCUT2D eigenvalue weighted by Crippen LogP contribution is -1.91. The van der Waals surface area contributed by atoms with Crippen molar-refractivity contribution in [3.05, 3.63) is 164 Å². The minimum Gasteiger partial charge on any atom is -0.508 e. The van der Waals surface area contributed by atoms with Gasteiger partial charge in [0.05, 0.1) is 0 Å². The van der Waals surface area contributed by atoms with E-state index < -0.39 is 0 Å². The smallest absolute Gasteiger partial charge is 0.136 e. The quantitative estimate of drug-likeness (QED) is 0.155. The predicted molar refractivity (Wildman–Crippen MR) is 210 cm³/mol. The number of phenols is 1. The molecule has 0 unspecified atom stereocenters. The van der Waals surface area contributed by atoms with E-state index in [-0.39, 0.29) is 5.75 Å². The van der Waals surface area contributed by atoms with Gasteiger partial charge >= 0.3 is 0 Å². The van der Waals surface area contributed by atoms with Crippen LogP contribution in [0, 0.1) is 0 Å². The van der Waals surface area contributed by atoms with Crippen LogP contribution in [0.25, 0.3) is 109 Å². The fourth-order valence-corrected chi connectivity index (χ4v) is 8.53. The van der Waals surface area contributed by atoms with Gasteiger partial charge in [0.15, 0.2) is 0 Å². The summed E-state index contributed by atoms with van der Waals surface area (Å²) in [6, 6.07) is 58.3. The van der Waals surface area contributed by atoms with Crippen molar-refractivity contribution in [3.63, 3.8) is 0 Å². The van der Waals surface area contributed by atoms with E-state index in [2.05, 4.69) is 140 Å². The maximum absolute atomic E-state index is 9.87. The molecule has 0 bridgehead atoms. The summed E-state index contributed by atoms with van der Waals surface area (Å²) in [4.78, 5) is 0. The van der Waals surface area contributed by atoms with Crippen LogP contribution < -0.4 is 0 Å². The van der Waals surface area contributed by atoms with Gasteiger partial charge in [-0.25, -0.2) is 0 Å². The zero-order valence-corrected chi connectivity index (χ0v) is 26.9. The van der Waals surface area contributed by atoms with Crippen molar-refractivity contribution in [1.82, 2.24) is 0 Å². The highest BCUT2D eigenvalue weighted by molar-refractivity contribution is 6.36. The second-order valence-corrected chi connectivity index (χ2v) is 13.3. The third kappa shape index (κ3) is 3.79. The number of rotatable bonds is 3. The van der Waals surface area contributed by atoms with Crippen LogP contribution in [0.2, 0.25) is 0 Å². The second kappa shape index (κ2) is 10.2. The van der Waals surface area contributed by atoms with Gasteiger partial charge in [0, 0.05) is 10.8 Å². The summed E-state index contributed by atoms with van der Waals surface area (Å²) in [7, 11) is 0. The topological polar surface area (TPSA) is 33.4 Å². The normalized spacial score (nSPS) is 12.1. The minimum absolute atomic E-state index is 0.262. The van der Waals surface area contributed by atoms with Crippen LogP contribution >= 0.6 is 0 Å². The highest BCUT2D eigenvalue weighted by atomic mass is 16.3. The van der Waals surface area contributed by atoms with Crippen LogP contribution in [0.5, 0.6) is 5.75 Å². The van der Waals surface area contributed by atoms with Crippen LogP contribution in [-0.4, -0.2) is 5.11 Å². The van der Waals surface area contributed by atoms with Gasteiger partial charge < -0.3 is 9.52 Å². The standard InChI is InChI=1S/C48H28O2/c49-31-20-17-28(18-21-31)30-19-26-44-43(27-30)48-38(15-6-16-45(48)50-44)35-23-25-42-41-24-22-34(33-10-3-8-29-7-1-2-9-32(29)33)36-11-4-13-39(46(36)41)40-14-5-12-37(35)47(40)42/h1-27,49H. The lowest BCUT2D eigenvalue weighted by atomic mass is 9.84. The number of hydrogen-bond acceptors (Lipinski definition) is 2. The number of hydrogen-bond donors (Lipinski definition) is 1. The molecule has 232 valence electrons. The van der Waals surface area contributed by atoms with E-state index in [0.29, 0.717) is 0 Å². The Hall–Kier alpha value is -6.64. The Labute approximate surface area is 287 Å². The second-order valence-electron chi connectivity index (χ2n) is 13.3. The lowest BCUT2D eigenvalue weighted by Gasteiger charge is -2.19. The Balaban J connectivity index is 1.18. The highest BCUT2D eigenvalue weighted by Crippen LogP contribution is 2.47. The third-order valence-electron chi connectivity index (χ3n) is 10.7. The molecule has 1 aromatic heterocycles. The van der Waals surface area contributed by atoms with Gasteiger partial charge in [0.2, 0.25) is 0 Å². The number of aromatic hydroxyl groups is 1. The first-order valence-electron chi connectivity index (χ1n) is 17.1.